The fraction of sp³-hybridized carbons (Fsp3) is 0.125. The van der Waals surface area contributed by atoms with Gasteiger partial charge in [-0.1, -0.05) is 29.0 Å². The molecule has 112 valence electrons. The first-order chi connectivity index (χ1) is 10.5. The summed E-state index contributed by atoms with van der Waals surface area (Å²) in [6, 6.07) is 8.12. The summed E-state index contributed by atoms with van der Waals surface area (Å²) < 4.78 is 14.7. The summed E-state index contributed by atoms with van der Waals surface area (Å²) in [6.45, 7) is 4.03. The Hall–Kier alpha value is -1.98. The van der Waals surface area contributed by atoms with Crippen LogP contribution in [-0.4, -0.2) is 10.9 Å². The summed E-state index contributed by atoms with van der Waals surface area (Å²) in [5.41, 5.74) is 2.93. The van der Waals surface area contributed by atoms with Gasteiger partial charge in [-0.3, -0.25) is 10.1 Å². The standard InChI is InChI=1S/C16H12ClFN2OS/c1-8-6-12-13(7-9(8)2)22-16(19-12)20-15(21)14-10(17)4-3-5-11(14)18/h3-7H,1-2H3,(H,19,20,21). The van der Waals surface area contributed by atoms with Crippen LogP contribution in [-0.2, 0) is 0 Å². The predicted octanol–water partition coefficient (Wildman–Crippen LogP) is 4.96. The molecule has 0 spiro atoms. The van der Waals surface area contributed by atoms with Crippen LogP contribution in [0.25, 0.3) is 10.2 Å². The van der Waals surface area contributed by atoms with Crippen LogP contribution in [0, 0.1) is 19.7 Å². The Morgan fingerprint density at radius 1 is 1.27 bits per heavy atom. The Balaban J connectivity index is 1.94. The van der Waals surface area contributed by atoms with Crippen LogP contribution in [0.4, 0.5) is 9.52 Å². The molecule has 3 aromatic rings. The van der Waals surface area contributed by atoms with Gasteiger partial charge in [0.25, 0.3) is 5.91 Å². The molecular formula is C16H12ClFN2OS. The molecule has 0 saturated carbocycles. The molecule has 1 amide bonds. The summed E-state index contributed by atoms with van der Waals surface area (Å²) in [5, 5.41) is 3.11. The van der Waals surface area contributed by atoms with E-state index in [0.29, 0.717) is 5.13 Å². The summed E-state index contributed by atoms with van der Waals surface area (Å²) in [5.74, 6) is -1.26. The van der Waals surface area contributed by atoms with Crippen LogP contribution in [0.15, 0.2) is 30.3 Å². The van der Waals surface area contributed by atoms with E-state index in [0.717, 1.165) is 21.3 Å². The van der Waals surface area contributed by atoms with Crippen LogP contribution in [0.5, 0.6) is 0 Å². The Labute approximate surface area is 135 Å². The van der Waals surface area contributed by atoms with Crippen LogP contribution in [0.3, 0.4) is 0 Å². The minimum atomic E-state index is -0.655. The highest BCUT2D eigenvalue weighted by atomic mass is 35.5. The van der Waals surface area contributed by atoms with Crippen molar-refractivity contribution in [2.24, 2.45) is 0 Å². The third kappa shape index (κ3) is 2.69. The molecule has 1 aromatic heterocycles. The van der Waals surface area contributed by atoms with E-state index in [1.807, 2.05) is 26.0 Å². The van der Waals surface area contributed by atoms with Crippen molar-refractivity contribution in [3.63, 3.8) is 0 Å². The number of thiazole rings is 1. The molecular weight excluding hydrogens is 323 g/mol. The number of halogens is 2. The number of carbonyl (C=O) groups excluding carboxylic acids is 1. The lowest BCUT2D eigenvalue weighted by Gasteiger charge is -2.04. The molecule has 0 aliphatic heterocycles. The van der Waals surface area contributed by atoms with Gasteiger partial charge >= 0.3 is 0 Å². The average Bonchev–Trinajstić information content (AvgIpc) is 2.80. The van der Waals surface area contributed by atoms with Gasteiger partial charge in [-0.25, -0.2) is 9.37 Å². The van der Waals surface area contributed by atoms with Crippen LogP contribution >= 0.6 is 22.9 Å². The minimum absolute atomic E-state index is 0.0744. The number of carbonyl (C=O) groups is 1. The Morgan fingerprint density at radius 2 is 2.00 bits per heavy atom. The lowest BCUT2D eigenvalue weighted by molar-refractivity contribution is 0.102. The second-order valence-electron chi connectivity index (χ2n) is 4.97. The molecule has 0 unspecified atom stereocenters. The van der Waals surface area contributed by atoms with Crippen molar-refractivity contribution in [3.8, 4) is 0 Å². The van der Waals surface area contributed by atoms with E-state index < -0.39 is 11.7 Å². The van der Waals surface area contributed by atoms with E-state index >= 15 is 0 Å². The topological polar surface area (TPSA) is 42.0 Å². The molecule has 0 aliphatic carbocycles. The largest absolute Gasteiger partial charge is 0.298 e. The van der Waals surface area contributed by atoms with Gasteiger partial charge in [-0.05, 0) is 49.2 Å². The second-order valence-corrected chi connectivity index (χ2v) is 6.41. The number of aromatic nitrogens is 1. The molecule has 1 N–H and O–H groups in total. The fourth-order valence-corrected chi connectivity index (χ4v) is 3.30. The quantitative estimate of drug-likeness (QED) is 0.719. The summed E-state index contributed by atoms with van der Waals surface area (Å²) in [6.07, 6.45) is 0. The van der Waals surface area contributed by atoms with Gasteiger partial charge < -0.3 is 0 Å². The zero-order chi connectivity index (χ0) is 15.9. The molecule has 2 aromatic carbocycles. The minimum Gasteiger partial charge on any atom is -0.298 e. The second kappa shape index (κ2) is 5.66. The van der Waals surface area contributed by atoms with Crippen molar-refractivity contribution >= 4 is 44.2 Å². The number of hydrogen-bond acceptors (Lipinski definition) is 3. The summed E-state index contributed by atoms with van der Waals surface area (Å²) in [7, 11) is 0. The van der Waals surface area contributed by atoms with E-state index in [1.165, 1.54) is 29.5 Å². The normalized spacial score (nSPS) is 10.9. The Morgan fingerprint density at radius 3 is 2.73 bits per heavy atom. The SMILES string of the molecule is Cc1cc2nc(NC(=O)c3c(F)cccc3Cl)sc2cc1C. The summed E-state index contributed by atoms with van der Waals surface area (Å²) >= 11 is 7.24. The maximum atomic E-state index is 13.8. The molecule has 1 heterocycles. The zero-order valence-electron chi connectivity index (χ0n) is 11.9. The zero-order valence-corrected chi connectivity index (χ0v) is 13.5. The van der Waals surface area contributed by atoms with Gasteiger partial charge in [0, 0.05) is 0 Å². The maximum Gasteiger partial charge on any atom is 0.261 e. The van der Waals surface area contributed by atoms with Crippen molar-refractivity contribution in [2.45, 2.75) is 13.8 Å². The lowest BCUT2D eigenvalue weighted by atomic mass is 10.1. The first kappa shape index (κ1) is 14.9. The van der Waals surface area contributed by atoms with Crippen molar-refractivity contribution < 1.29 is 9.18 Å². The third-order valence-electron chi connectivity index (χ3n) is 3.41. The number of nitrogens with zero attached hydrogens (tertiary/aromatic N) is 1. The molecule has 6 heteroatoms. The van der Waals surface area contributed by atoms with Crippen LogP contribution in [0.2, 0.25) is 5.02 Å². The molecule has 3 nitrogen and oxygen atoms in total. The van der Waals surface area contributed by atoms with Gasteiger partial charge in [-0.15, -0.1) is 0 Å². The molecule has 3 rings (SSSR count). The molecule has 0 saturated heterocycles. The molecule has 0 bridgehead atoms. The number of benzene rings is 2. The Bertz CT molecular complexity index is 832. The molecule has 0 aliphatic rings. The molecule has 0 fully saturated rings. The Kier molecular flexibility index (Phi) is 3.85. The number of hydrogen-bond donors (Lipinski definition) is 1. The van der Waals surface area contributed by atoms with Gasteiger partial charge in [0.05, 0.1) is 20.8 Å². The number of rotatable bonds is 2. The van der Waals surface area contributed by atoms with E-state index in [9.17, 15) is 9.18 Å². The van der Waals surface area contributed by atoms with Gasteiger partial charge in [0.1, 0.15) is 5.82 Å². The van der Waals surface area contributed by atoms with E-state index in [4.69, 9.17) is 11.6 Å². The first-order valence-electron chi connectivity index (χ1n) is 6.59. The van der Waals surface area contributed by atoms with Crippen molar-refractivity contribution in [3.05, 3.63) is 57.9 Å². The van der Waals surface area contributed by atoms with Crippen molar-refractivity contribution in [2.75, 3.05) is 5.32 Å². The number of anilines is 1. The average molecular weight is 335 g/mol. The van der Waals surface area contributed by atoms with Gasteiger partial charge in [0.2, 0.25) is 0 Å². The first-order valence-corrected chi connectivity index (χ1v) is 7.78. The smallest absolute Gasteiger partial charge is 0.261 e. The number of amides is 1. The highest BCUT2D eigenvalue weighted by molar-refractivity contribution is 7.22. The number of aryl methyl sites for hydroxylation is 2. The van der Waals surface area contributed by atoms with E-state index in [1.54, 1.807) is 0 Å². The van der Waals surface area contributed by atoms with Gasteiger partial charge in [0.15, 0.2) is 5.13 Å². The van der Waals surface area contributed by atoms with Crippen LogP contribution in [0.1, 0.15) is 21.5 Å². The third-order valence-corrected chi connectivity index (χ3v) is 4.66. The fourth-order valence-electron chi connectivity index (χ4n) is 2.11. The van der Waals surface area contributed by atoms with Crippen molar-refractivity contribution in [1.29, 1.82) is 0 Å². The highest BCUT2D eigenvalue weighted by Gasteiger charge is 2.17. The number of nitrogens with one attached hydrogen (secondary N) is 1. The lowest BCUT2D eigenvalue weighted by Crippen LogP contribution is -2.14. The van der Waals surface area contributed by atoms with Crippen molar-refractivity contribution in [1.82, 2.24) is 4.98 Å². The molecule has 0 atom stereocenters. The predicted molar refractivity (Wildman–Crippen MR) is 88.5 cm³/mol. The summed E-state index contributed by atoms with van der Waals surface area (Å²) in [4.78, 5) is 16.6. The van der Waals surface area contributed by atoms with E-state index in [-0.39, 0.29) is 10.6 Å². The van der Waals surface area contributed by atoms with Gasteiger partial charge in [-0.2, -0.15) is 0 Å². The monoisotopic (exact) mass is 334 g/mol. The molecule has 22 heavy (non-hydrogen) atoms. The molecule has 0 radical (unpaired) electrons. The maximum absolute atomic E-state index is 13.8. The number of fused-ring (bicyclic) bond motifs is 1. The van der Waals surface area contributed by atoms with Crippen LogP contribution < -0.4 is 5.32 Å². The highest BCUT2D eigenvalue weighted by Crippen LogP contribution is 2.29. The van der Waals surface area contributed by atoms with E-state index in [2.05, 4.69) is 10.3 Å².